The molecule has 0 spiro atoms. The number of rotatable bonds is 6. The average molecular weight is 434 g/mol. The third-order valence-corrected chi connectivity index (χ3v) is 6.92. The fourth-order valence-electron chi connectivity index (χ4n) is 5.20. The molecule has 0 bridgehead atoms. The van der Waals surface area contributed by atoms with Crippen LogP contribution in [-0.2, 0) is 22.7 Å². The summed E-state index contributed by atoms with van der Waals surface area (Å²) in [7, 11) is 0. The number of amides is 2. The van der Waals surface area contributed by atoms with E-state index < -0.39 is 0 Å². The zero-order chi connectivity index (χ0) is 22.3. The van der Waals surface area contributed by atoms with Gasteiger partial charge < -0.3 is 10.2 Å². The van der Waals surface area contributed by atoms with Crippen LogP contribution in [0.4, 0.5) is 5.69 Å². The Bertz CT molecular complexity index is 889. The first-order valence-corrected chi connectivity index (χ1v) is 12.0. The van der Waals surface area contributed by atoms with Gasteiger partial charge in [0.25, 0.3) is 0 Å². The Morgan fingerprint density at radius 3 is 2.25 bits per heavy atom. The van der Waals surface area contributed by atoms with Crippen LogP contribution in [0.15, 0.2) is 54.6 Å². The number of nitrogens with zero attached hydrogens (tertiary/aromatic N) is 2. The van der Waals surface area contributed by atoms with Crippen molar-refractivity contribution >= 4 is 17.5 Å². The third-order valence-electron chi connectivity index (χ3n) is 6.92. The van der Waals surface area contributed by atoms with Gasteiger partial charge >= 0.3 is 0 Å². The molecule has 0 aliphatic carbocycles. The van der Waals surface area contributed by atoms with Crippen molar-refractivity contribution in [3.63, 3.8) is 0 Å². The van der Waals surface area contributed by atoms with Crippen molar-refractivity contribution in [2.24, 2.45) is 11.8 Å². The molecular weight excluding hydrogens is 398 g/mol. The molecule has 0 aromatic heterocycles. The van der Waals surface area contributed by atoms with E-state index in [1.165, 1.54) is 18.1 Å². The third kappa shape index (κ3) is 5.98. The smallest absolute Gasteiger partial charge is 0.226 e. The van der Waals surface area contributed by atoms with Gasteiger partial charge in [-0.15, -0.1) is 0 Å². The van der Waals surface area contributed by atoms with Crippen LogP contribution in [0, 0.1) is 11.8 Å². The van der Waals surface area contributed by atoms with Crippen molar-refractivity contribution in [2.75, 3.05) is 25.0 Å². The lowest BCUT2D eigenvalue weighted by Gasteiger charge is -2.36. The molecule has 170 valence electrons. The molecule has 2 aromatic carbocycles. The lowest BCUT2D eigenvalue weighted by Crippen LogP contribution is -2.42. The van der Waals surface area contributed by atoms with Gasteiger partial charge in [0.2, 0.25) is 11.8 Å². The highest BCUT2D eigenvalue weighted by Crippen LogP contribution is 2.33. The van der Waals surface area contributed by atoms with Crippen molar-refractivity contribution < 1.29 is 9.59 Å². The van der Waals surface area contributed by atoms with Crippen molar-refractivity contribution in [3.05, 3.63) is 65.7 Å². The van der Waals surface area contributed by atoms with E-state index in [-0.39, 0.29) is 11.8 Å². The van der Waals surface area contributed by atoms with Gasteiger partial charge in [-0.25, -0.2) is 0 Å². The summed E-state index contributed by atoms with van der Waals surface area (Å²) < 4.78 is 0. The predicted octanol–water partition coefficient (Wildman–Crippen LogP) is 4.69. The van der Waals surface area contributed by atoms with Gasteiger partial charge in [0.1, 0.15) is 0 Å². The number of likely N-dealkylation sites (tertiary alicyclic amines) is 2. The zero-order valence-electron chi connectivity index (χ0n) is 19.1. The van der Waals surface area contributed by atoms with Gasteiger partial charge in [0.15, 0.2) is 0 Å². The lowest BCUT2D eigenvalue weighted by atomic mass is 9.81. The molecule has 2 heterocycles. The summed E-state index contributed by atoms with van der Waals surface area (Å²) in [5.74, 6) is 1.01. The molecule has 4 rings (SSSR count). The molecule has 2 aliphatic heterocycles. The summed E-state index contributed by atoms with van der Waals surface area (Å²) >= 11 is 0. The lowest BCUT2D eigenvalue weighted by molar-refractivity contribution is -0.138. The zero-order valence-corrected chi connectivity index (χ0v) is 19.1. The number of hydrogen-bond acceptors (Lipinski definition) is 3. The average Bonchev–Trinajstić information content (AvgIpc) is 2.98. The van der Waals surface area contributed by atoms with Crippen LogP contribution in [0.1, 0.15) is 50.2 Å². The van der Waals surface area contributed by atoms with Gasteiger partial charge in [-0.3, -0.25) is 14.5 Å². The number of hydrogen-bond donors (Lipinski definition) is 1. The van der Waals surface area contributed by atoms with E-state index in [0.717, 1.165) is 70.5 Å². The van der Waals surface area contributed by atoms with Crippen LogP contribution in [0.5, 0.6) is 0 Å². The second-order valence-electron chi connectivity index (χ2n) is 9.34. The van der Waals surface area contributed by atoms with E-state index in [2.05, 4.69) is 51.5 Å². The molecule has 2 aliphatic rings. The van der Waals surface area contributed by atoms with Crippen LogP contribution < -0.4 is 5.32 Å². The standard InChI is InChI=1S/C27H35N3O2/c1-21(31)28-25-12-10-23(11-13-25)19-29-17-14-24(15-18-29)26-9-5-6-16-30(27(26)32)20-22-7-3-2-4-8-22/h2-4,7-8,10-13,24,26H,5-6,9,14-20H2,1H3,(H,28,31)/t26-/m0/s1. The van der Waals surface area contributed by atoms with Crippen LogP contribution in [-0.4, -0.2) is 41.2 Å². The Morgan fingerprint density at radius 2 is 1.56 bits per heavy atom. The number of piperidine rings is 1. The van der Waals surface area contributed by atoms with Crippen molar-refractivity contribution in [2.45, 2.75) is 52.1 Å². The molecule has 2 amide bonds. The molecule has 2 saturated heterocycles. The minimum Gasteiger partial charge on any atom is -0.338 e. The van der Waals surface area contributed by atoms with E-state index in [1.54, 1.807) is 0 Å². The van der Waals surface area contributed by atoms with E-state index in [4.69, 9.17) is 0 Å². The second kappa shape index (κ2) is 10.8. The molecule has 2 aromatic rings. The minimum atomic E-state index is -0.0461. The maximum absolute atomic E-state index is 13.4. The summed E-state index contributed by atoms with van der Waals surface area (Å²) in [5, 5.41) is 2.82. The Balaban J connectivity index is 1.30. The Labute approximate surface area is 191 Å². The number of carbonyl (C=O) groups is 2. The van der Waals surface area contributed by atoms with Gasteiger partial charge in [-0.1, -0.05) is 48.9 Å². The van der Waals surface area contributed by atoms with E-state index in [9.17, 15) is 9.59 Å². The normalized spacial score (nSPS) is 20.7. The van der Waals surface area contributed by atoms with Gasteiger partial charge in [0.05, 0.1) is 0 Å². The first-order valence-electron chi connectivity index (χ1n) is 12.0. The van der Waals surface area contributed by atoms with Crippen LogP contribution in [0.3, 0.4) is 0 Å². The van der Waals surface area contributed by atoms with Crippen LogP contribution >= 0.6 is 0 Å². The summed E-state index contributed by atoms with van der Waals surface area (Å²) in [4.78, 5) is 29.2. The fraction of sp³-hybridized carbons (Fsp3) is 0.481. The first-order chi connectivity index (χ1) is 15.6. The van der Waals surface area contributed by atoms with Gasteiger partial charge in [0, 0.05) is 38.2 Å². The van der Waals surface area contributed by atoms with Crippen molar-refractivity contribution in [3.8, 4) is 0 Å². The molecule has 32 heavy (non-hydrogen) atoms. The summed E-state index contributed by atoms with van der Waals surface area (Å²) in [6, 6.07) is 18.5. The van der Waals surface area contributed by atoms with Gasteiger partial charge in [-0.2, -0.15) is 0 Å². The Morgan fingerprint density at radius 1 is 0.875 bits per heavy atom. The molecule has 0 saturated carbocycles. The summed E-state index contributed by atoms with van der Waals surface area (Å²) in [6.07, 6.45) is 5.50. The highest BCUT2D eigenvalue weighted by Gasteiger charge is 2.35. The summed E-state index contributed by atoms with van der Waals surface area (Å²) in [6.45, 7) is 6.16. The predicted molar refractivity (Wildman–Crippen MR) is 128 cm³/mol. The van der Waals surface area contributed by atoms with E-state index in [0.29, 0.717) is 11.8 Å². The highest BCUT2D eigenvalue weighted by atomic mass is 16.2. The molecule has 2 fully saturated rings. The van der Waals surface area contributed by atoms with Crippen LogP contribution in [0.2, 0.25) is 0 Å². The maximum atomic E-state index is 13.4. The molecule has 1 atom stereocenters. The van der Waals surface area contributed by atoms with Gasteiger partial charge in [-0.05, 0) is 68.0 Å². The topological polar surface area (TPSA) is 52.7 Å². The largest absolute Gasteiger partial charge is 0.338 e. The first kappa shape index (κ1) is 22.5. The number of nitrogens with one attached hydrogen (secondary N) is 1. The maximum Gasteiger partial charge on any atom is 0.226 e. The molecule has 5 nitrogen and oxygen atoms in total. The van der Waals surface area contributed by atoms with Crippen LogP contribution in [0.25, 0.3) is 0 Å². The van der Waals surface area contributed by atoms with Crippen molar-refractivity contribution in [1.29, 1.82) is 0 Å². The second-order valence-corrected chi connectivity index (χ2v) is 9.34. The molecular formula is C27H35N3O2. The quantitative estimate of drug-likeness (QED) is 0.719. The molecule has 1 N–H and O–H groups in total. The monoisotopic (exact) mass is 433 g/mol. The highest BCUT2D eigenvalue weighted by molar-refractivity contribution is 5.88. The van der Waals surface area contributed by atoms with E-state index in [1.807, 2.05) is 18.2 Å². The van der Waals surface area contributed by atoms with Crippen molar-refractivity contribution in [1.82, 2.24) is 9.80 Å². The molecule has 0 unspecified atom stereocenters. The Hall–Kier alpha value is -2.66. The van der Waals surface area contributed by atoms with E-state index >= 15 is 0 Å². The summed E-state index contributed by atoms with van der Waals surface area (Å²) in [5.41, 5.74) is 3.32. The Kier molecular flexibility index (Phi) is 7.59. The molecule has 5 heteroatoms. The number of carbonyl (C=O) groups excluding carboxylic acids is 2. The number of benzene rings is 2. The fourth-order valence-corrected chi connectivity index (χ4v) is 5.20. The number of anilines is 1. The SMILES string of the molecule is CC(=O)Nc1ccc(CN2CCC([C@@H]3CCCCN(Cc4ccccc4)C3=O)CC2)cc1. The minimum absolute atomic E-state index is 0.0461. The molecule has 0 radical (unpaired) electrons.